The Bertz CT molecular complexity index is 1010. The van der Waals surface area contributed by atoms with Gasteiger partial charge < -0.3 is 14.9 Å². The molecule has 0 radical (unpaired) electrons. The van der Waals surface area contributed by atoms with E-state index in [1.54, 1.807) is 6.07 Å². The van der Waals surface area contributed by atoms with E-state index >= 15 is 0 Å². The van der Waals surface area contributed by atoms with Gasteiger partial charge in [-0.1, -0.05) is 56.3 Å². The van der Waals surface area contributed by atoms with E-state index in [4.69, 9.17) is 4.74 Å². The number of aliphatic hydroxyl groups excluding tert-OH is 1. The maximum Gasteiger partial charge on any atom is 0.412 e. The van der Waals surface area contributed by atoms with E-state index in [1.807, 2.05) is 50.2 Å². The van der Waals surface area contributed by atoms with Crippen LogP contribution in [0.5, 0.6) is 5.75 Å². The van der Waals surface area contributed by atoms with Gasteiger partial charge in [-0.2, -0.15) is 0 Å². The molecule has 0 bridgehead atoms. The van der Waals surface area contributed by atoms with Crippen molar-refractivity contribution in [3.05, 3.63) is 72.0 Å². The third-order valence-corrected chi connectivity index (χ3v) is 4.99. The van der Waals surface area contributed by atoms with E-state index < -0.39 is 29.2 Å². The number of fused-ring (bicyclic) bond motifs is 1. The van der Waals surface area contributed by atoms with Crippen LogP contribution in [0.3, 0.4) is 0 Å². The number of carbonyl (C=O) groups excluding carboxylic acids is 1. The van der Waals surface area contributed by atoms with Crippen molar-refractivity contribution in [1.29, 1.82) is 0 Å². The summed E-state index contributed by atoms with van der Waals surface area (Å²) in [6.07, 6.45) is -1.19. The highest BCUT2D eigenvalue weighted by molar-refractivity contribution is 6.00. The summed E-state index contributed by atoms with van der Waals surface area (Å²) in [7, 11) is 0. The van der Waals surface area contributed by atoms with Crippen molar-refractivity contribution >= 4 is 22.6 Å². The van der Waals surface area contributed by atoms with Gasteiger partial charge in [-0.25, -0.2) is 9.18 Å². The van der Waals surface area contributed by atoms with Crippen molar-refractivity contribution in [2.45, 2.75) is 26.4 Å². The number of aromatic hydroxyl groups is 1. The molecule has 0 aliphatic carbocycles. The Morgan fingerprint density at radius 1 is 1.14 bits per heavy atom. The molecule has 0 aliphatic rings. The number of carbonyl (C=O) groups is 1. The van der Waals surface area contributed by atoms with Crippen molar-refractivity contribution in [3.8, 4) is 5.75 Å². The van der Waals surface area contributed by atoms with Gasteiger partial charge in [0.2, 0.25) is 0 Å². The molecular formula is C23H24FNO4. The number of halogens is 1. The highest BCUT2D eigenvalue weighted by Gasteiger charge is 2.34. The van der Waals surface area contributed by atoms with Gasteiger partial charge in [0.15, 0.2) is 11.6 Å². The van der Waals surface area contributed by atoms with Gasteiger partial charge in [-0.05, 0) is 35.6 Å². The number of anilines is 1. The van der Waals surface area contributed by atoms with Crippen molar-refractivity contribution < 1.29 is 24.1 Å². The minimum absolute atomic E-state index is 0.113. The standard InChI is InChI=1S/C23H24FNO4/c1-23(2,12-13-26)21(16-10-11-20(27)18(24)14-16)29-22(28)25-19-9-5-7-15-6-3-4-8-17(15)19/h3-11,14,21,26-27H,12-13H2,1-2H3,(H,25,28)/t21-/m1/s1. The first-order valence-corrected chi connectivity index (χ1v) is 9.36. The topological polar surface area (TPSA) is 78.8 Å². The van der Waals surface area contributed by atoms with Crippen LogP contribution < -0.4 is 5.32 Å². The molecule has 0 saturated heterocycles. The minimum atomic E-state index is -0.834. The zero-order valence-electron chi connectivity index (χ0n) is 16.4. The Morgan fingerprint density at radius 2 is 1.86 bits per heavy atom. The predicted molar refractivity (Wildman–Crippen MR) is 110 cm³/mol. The van der Waals surface area contributed by atoms with Crippen LogP contribution in [0.25, 0.3) is 10.8 Å². The second kappa shape index (κ2) is 8.49. The Kier molecular flexibility index (Phi) is 6.03. The number of ether oxygens (including phenoxy) is 1. The van der Waals surface area contributed by atoms with Crippen LogP contribution in [0.2, 0.25) is 0 Å². The van der Waals surface area contributed by atoms with E-state index in [2.05, 4.69) is 5.32 Å². The number of aliphatic hydroxyl groups is 1. The van der Waals surface area contributed by atoms with E-state index in [1.165, 1.54) is 12.1 Å². The Labute approximate surface area is 168 Å². The lowest BCUT2D eigenvalue weighted by atomic mass is 9.80. The van der Waals surface area contributed by atoms with Crippen LogP contribution in [0.15, 0.2) is 60.7 Å². The second-order valence-corrected chi connectivity index (χ2v) is 7.61. The highest BCUT2D eigenvalue weighted by atomic mass is 19.1. The molecule has 0 unspecified atom stereocenters. The van der Waals surface area contributed by atoms with Gasteiger partial charge in [-0.15, -0.1) is 0 Å². The molecule has 1 atom stereocenters. The lowest BCUT2D eigenvalue weighted by Gasteiger charge is -2.33. The maximum atomic E-state index is 13.9. The van der Waals surface area contributed by atoms with Crippen LogP contribution in [-0.2, 0) is 4.74 Å². The molecule has 5 nitrogen and oxygen atoms in total. The molecule has 3 rings (SSSR count). The zero-order valence-corrected chi connectivity index (χ0v) is 16.4. The number of nitrogens with one attached hydrogen (secondary N) is 1. The van der Waals surface area contributed by atoms with Crippen LogP contribution in [0.1, 0.15) is 31.9 Å². The van der Waals surface area contributed by atoms with E-state index in [0.29, 0.717) is 17.7 Å². The van der Waals surface area contributed by atoms with Crippen molar-refractivity contribution in [1.82, 2.24) is 0 Å². The fourth-order valence-electron chi connectivity index (χ4n) is 3.37. The minimum Gasteiger partial charge on any atom is -0.505 e. The first kappa shape index (κ1) is 20.6. The first-order chi connectivity index (χ1) is 13.8. The largest absolute Gasteiger partial charge is 0.505 e. The average molecular weight is 397 g/mol. The Morgan fingerprint density at radius 3 is 2.59 bits per heavy atom. The molecule has 0 saturated carbocycles. The average Bonchev–Trinajstić information content (AvgIpc) is 2.68. The summed E-state index contributed by atoms with van der Waals surface area (Å²) in [5.74, 6) is -1.28. The molecule has 3 N–H and O–H groups in total. The quantitative estimate of drug-likeness (QED) is 0.522. The van der Waals surface area contributed by atoms with Crippen LogP contribution in [0, 0.1) is 11.2 Å². The summed E-state index contributed by atoms with van der Waals surface area (Å²) in [6, 6.07) is 17.1. The number of hydrogen-bond donors (Lipinski definition) is 3. The van der Waals surface area contributed by atoms with Crippen LogP contribution in [0.4, 0.5) is 14.9 Å². The molecule has 6 heteroatoms. The summed E-state index contributed by atoms with van der Waals surface area (Å²) in [6.45, 7) is 3.53. The third kappa shape index (κ3) is 4.66. The van der Waals surface area contributed by atoms with Gasteiger partial charge in [0.1, 0.15) is 6.10 Å². The number of rotatable bonds is 6. The third-order valence-electron chi connectivity index (χ3n) is 4.99. The SMILES string of the molecule is CC(C)(CCO)[C@H](OC(=O)Nc1cccc2ccccc12)c1ccc(O)c(F)c1. The van der Waals surface area contributed by atoms with Crippen molar-refractivity contribution in [2.24, 2.45) is 5.41 Å². The fraction of sp³-hybridized carbons (Fsp3) is 0.261. The summed E-state index contributed by atoms with van der Waals surface area (Å²) in [5.41, 5.74) is 0.323. The number of phenolic OH excluding ortho intramolecular Hbond substituents is 1. The number of amides is 1. The maximum absolute atomic E-state index is 13.9. The molecule has 0 fully saturated rings. The van der Waals surface area contributed by atoms with Gasteiger partial charge in [-0.3, -0.25) is 5.32 Å². The predicted octanol–water partition coefficient (Wildman–Crippen LogP) is 5.38. The van der Waals surface area contributed by atoms with Gasteiger partial charge in [0.05, 0.1) is 5.69 Å². The van der Waals surface area contributed by atoms with E-state index in [0.717, 1.165) is 16.8 Å². The second-order valence-electron chi connectivity index (χ2n) is 7.61. The summed E-state index contributed by atoms with van der Waals surface area (Å²) in [4.78, 5) is 12.7. The Balaban J connectivity index is 1.88. The first-order valence-electron chi connectivity index (χ1n) is 9.36. The van der Waals surface area contributed by atoms with Crippen molar-refractivity contribution in [2.75, 3.05) is 11.9 Å². The molecule has 0 aromatic heterocycles. The smallest absolute Gasteiger partial charge is 0.412 e. The summed E-state index contributed by atoms with van der Waals surface area (Å²) < 4.78 is 19.6. The molecular weight excluding hydrogens is 373 g/mol. The lowest BCUT2D eigenvalue weighted by Crippen LogP contribution is -2.30. The molecule has 3 aromatic rings. The summed E-state index contributed by atoms with van der Waals surface area (Å²) >= 11 is 0. The number of phenols is 1. The zero-order chi connectivity index (χ0) is 21.0. The molecule has 0 heterocycles. The van der Waals surface area contributed by atoms with Crippen molar-refractivity contribution in [3.63, 3.8) is 0 Å². The summed E-state index contributed by atoms with van der Waals surface area (Å²) in [5, 5.41) is 23.5. The van der Waals surface area contributed by atoms with E-state index in [9.17, 15) is 19.4 Å². The fourth-order valence-corrected chi connectivity index (χ4v) is 3.37. The lowest BCUT2D eigenvalue weighted by molar-refractivity contribution is 0.0150. The van der Waals surface area contributed by atoms with Gasteiger partial charge >= 0.3 is 6.09 Å². The molecule has 3 aromatic carbocycles. The highest BCUT2D eigenvalue weighted by Crippen LogP contribution is 2.40. The molecule has 0 spiro atoms. The molecule has 1 amide bonds. The number of benzene rings is 3. The van der Waals surface area contributed by atoms with Crippen LogP contribution >= 0.6 is 0 Å². The van der Waals surface area contributed by atoms with Crippen LogP contribution in [-0.4, -0.2) is 22.9 Å². The number of hydrogen-bond acceptors (Lipinski definition) is 4. The Hall–Kier alpha value is -3.12. The van der Waals surface area contributed by atoms with E-state index in [-0.39, 0.29) is 6.61 Å². The molecule has 152 valence electrons. The monoisotopic (exact) mass is 397 g/mol. The molecule has 0 aliphatic heterocycles. The van der Waals surface area contributed by atoms with Gasteiger partial charge in [0.25, 0.3) is 0 Å². The normalized spacial score (nSPS) is 12.6. The van der Waals surface area contributed by atoms with Gasteiger partial charge in [0, 0.05) is 17.4 Å². The molecule has 29 heavy (non-hydrogen) atoms.